The van der Waals surface area contributed by atoms with E-state index in [1.165, 1.54) is 4.57 Å². The van der Waals surface area contributed by atoms with E-state index in [2.05, 4.69) is 4.98 Å². The highest BCUT2D eigenvalue weighted by atomic mass is 16.7. The van der Waals surface area contributed by atoms with E-state index in [9.17, 15) is 9.59 Å². The first-order valence-electron chi connectivity index (χ1n) is 9.83. The van der Waals surface area contributed by atoms with Gasteiger partial charge in [-0.05, 0) is 36.6 Å². The lowest BCUT2D eigenvalue weighted by atomic mass is 10.2. The number of rotatable bonds is 6. The van der Waals surface area contributed by atoms with Gasteiger partial charge in [0.15, 0.2) is 22.7 Å². The standard InChI is InChI=1S/C21H24N4O4/c1-4-10-24-19-18(20(26)25(11-5-2)21(24)27)23(3)17(22-19)9-7-14-6-8-15-16(12-14)29-13-28-15/h6-9,12H,4-5,10-11,13H2,1-3H3/b9-7+. The molecule has 2 aromatic heterocycles. The van der Waals surface area contributed by atoms with Crippen LogP contribution in [0.4, 0.5) is 0 Å². The van der Waals surface area contributed by atoms with Crippen LogP contribution in [-0.2, 0) is 20.1 Å². The van der Waals surface area contributed by atoms with Crippen LogP contribution < -0.4 is 20.7 Å². The first-order valence-corrected chi connectivity index (χ1v) is 9.83. The third kappa shape index (κ3) is 3.24. The Balaban J connectivity index is 1.83. The summed E-state index contributed by atoms with van der Waals surface area (Å²) in [4.78, 5) is 30.4. The molecule has 0 saturated heterocycles. The first kappa shape index (κ1) is 19.0. The van der Waals surface area contributed by atoms with Crippen molar-refractivity contribution in [2.24, 2.45) is 7.05 Å². The maximum absolute atomic E-state index is 13.0. The predicted octanol–water partition coefficient (Wildman–Crippen LogP) is 2.62. The quantitative estimate of drug-likeness (QED) is 0.640. The lowest BCUT2D eigenvalue weighted by molar-refractivity contribution is 0.174. The zero-order valence-electron chi connectivity index (χ0n) is 16.8. The van der Waals surface area contributed by atoms with Crippen LogP contribution in [0.25, 0.3) is 23.3 Å². The van der Waals surface area contributed by atoms with Crippen LogP contribution in [0.3, 0.4) is 0 Å². The summed E-state index contributed by atoms with van der Waals surface area (Å²) in [6.07, 6.45) is 5.22. The highest BCUT2D eigenvalue weighted by Crippen LogP contribution is 2.33. The van der Waals surface area contributed by atoms with Crippen LogP contribution in [0.5, 0.6) is 11.5 Å². The normalized spacial score (nSPS) is 13.1. The number of aryl methyl sites for hydroxylation is 2. The van der Waals surface area contributed by atoms with E-state index in [-0.39, 0.29) is 18.0 Å². The fourth-order valence-electron chi connectivity index (χ4n) is 3.56. The minimum absolute atomic E-state index is 0.228. The molecule has 1 aromatic carbocycles. The van der Waals surface area contributed by atoms with Crippen molar-refractivity contribution in [3.63, 3.8) is 0 Å². The molecule has 152 valence electrons. The van der Waals surface area contributed by atoms with E-state index < -0.39 is 0 Å². The molecule has 8 heteroatoms. The largest absolute Gasteiger partial charge is 0.454 e. The van der Waals surface area contributed by atoms with Crippen molar-refractivity contribution >= 4 is 23.3 Å². The van der Waals surface area contributed by atoms with E-state index in [1.807, 2.05) is 44.2 Å². The molecular weight excluding hydrogens is 372 g/mol. The minimum Gasteiger partial charge on any atom is -0.454 e. The van der Waals surface area contributed by atoms with Crippen molar-refractivity contribution in [1.29, 1.82) is 0 Å². The van der Waals surface area contributed by atoms with Crippen molar-refractivity contribution in [1.82, 2.24) is 18.7 Å². The summed E-state index contributed by atoms with van der Waals surface area (Å²) in [5.41, 5.74) is 1.21. The predicted molar refractivity (Wildman–Crippen MR) is 111 cm³/mol. The average Bonchev–Trinajstić information content (AvgIpc) is 3.31. The summed E-state index contributed by atoms with van der Waals surface area (Å²) >= 11 is 0. The fourth-order valence-corrected chi connectivity index (χ4v) is 3.56. The zero-order chi connectivity index (χ0) is 20.5. The van der Waals surface area contributed by atoms with Gasteiger partial charge in [0.1, 0.15) is 5.82 Å². The van der Waals surface area contributed by atoms with Crippen LogP contribution >= 0.6 is 0 Å². The molecule has 0 bridgehead atoms. The van der Waals surface area contributed by atoms with Crippen LogP contribution in [-0.4, -0.2) is 25.5 Å². The number of nitrogens with zero attached hydrogens (tertiary/aromatic N) is 4. The molecule has 0 aliphatic carbocycles. The zero-order valence-corrected chi connectivity index (χ0v) is 16.8. The van der Waals surface area contributed by atoms with Gasteiger partial charge in [-0.2, -0.15) is 0 Å². The molecule has 3 heterocycles. The molecule has 3 aromatic rings. The van der Waals surface area contributed by atoms with Crippen molar-refractivity contribution in [3.05, 3.63) is 50.4 Å². The molecule has 0 fully saturated rings. The second-order valence-corrected chi connectivity index (χ2v) is 7.04. The Hall–Kier alpha value is -3.29. The number of hydrogen-bond donors (Lipinski definition) is 0. The lowest BCUT2D eigenvalue weighted by Gasteiger charge is -2.10. The number of benzene rings is 1. The smallest absolute Gasteiger partial charge is 0.332 e. The van der Waals surface area contributed by atoms with Gasteiger partial charge in [0.05, 0.1) is 0 Å². The number of aromatic nitrogens is 4. The number of imidazole rings is 1. The van der Waals surface area contributed by atoms with Gasteiger partial charge in [0.2, 0.25) is 6.79 Å². The highest BCUT2D eigenvalue weighted by Gasteiger charge is 2.18. The van der Waals surface area contributed by atoms with E-state index in [0.717, 1.165) is 17.7 Å². The van der Waals surface area contributed by atoms with E-state index in [1.54, 1.807) is 16.2 Å². The maximum atomic E-state index is 13.0. The Morgan fingerprint density at radius 3 is 2.52 bits per heavy atom. The minimum atomic E-state index is -0.296. The van der Waals surface area contributed by atoms with Gasteiger partial charge < -0.3 is 14.0 Å². The van der Waals surface area contributed by atoms with Gasteiger partial charge in [-0.3, -0.25) is 13.9 Å². The molecular formula is C21H24N4O4. The molecule has 0 radical (unpaired) electrons. The summed E-state index contributed by atoms with van der Waals surface area (Å²) in [7, 11) is 1.80. The molecule has 0 amide bonds. The average molecular weight is 396 g/mol. The molecule has 0 N–H and O–H groups in total. The Morgan fingerprint density at radius 1 is 1.03 bits per heavy atom. The van der Waals surface area contributed by atoms with Crippen molar-refractivity contribution in [2.45, 2.75) is 39.8 Å². The third-order valence-electron chi connectivity index (χ3n) is 4.99. The van der Waals surface area contributed by atoms with Crippen LogP contribution in [0.15, 0.2) is 27.8 Å². The van der Waals surface area contributed by atoms with Gasteiger partial charge in [0, 0.05) is 20.1 Å². The van der Waals surface area contributed by atoms with Gasteiger partial charge in [-0.1, -0.05) is 26.0 Å². The van der Waals surface area contributed by atoms with Gasteiger partial charge in [-0.25, -0.2) is 9.78 Å². The molecule has 1 aliphatic rings. The van der Waals surface area contributed by atoms with Gasteiger partial charge in [0.25, 0.3) is 5.56 Å². The molecule has 1 aliphatic heterocycles. The Bertz CT molecular complexity index is 1220. The molecule has 0 saturated carbocycles. The van der Waals surface area contributed by atoms with Crippen molar-refractivity contribution in [2.75, 3.05) is 6.79 Å². The monoisotopic (exact) mass is 396 g/mol. The van der Waals surface area contributed by atoms with Crippen LogP contribution in [0.2, 0.25) is 0 Å². The van der Waals surface area contributed by atoms with E-state index >= 15 is 0 Å². The second-order valence-electron chi connectivity index (χ2n) is 7.04. The maximum Gasteiger partial charge on any atom is 0.332 e. The molecule has 0 atom stereocenters. The molecule has 0 unspecified atom stereocenters. The number of hydrogen-bond acceptors (Lipinski definition) is 5. The number of ether oxygens (including phenoxy) is 2. The van der Waals surface area contributed by atoms with Crippen molar-refractivity contribution in [3.8, 4) is 11.5 Å². The van der Waals surface area contributed by atoms with Gasteiger partial charge >= 0.3 is 5.69 Å². The molecule has 4 rings (SSSR count). The summed E-state index contributed by atoms with van der Waals surface area (Å²) in [6.45, 7) is 5.08. The van der Waals surface area contributed by atoms with Crippen LogP contribution in [0.1, 0.15) is 38.1 Å². The summed E-state index contributed by atoms with van der Waals surface area (Å²) in [5.74, 6) is 2.04. The Morgan fingerprint density at radius 2 is 1.76 bits per heavy atom. The SMILES string of the molecule is CCCn1c(=O)c2c(nc(/C=C/c3ccc4c(c3)OCO4)n2C)n(CCC)c1=O. The molecule has 8 nitrogen and oxygen atoms in total. The summed E-state index contributed by atoms with van der Waals surface area (Å²) < 4.78 is 15.4. The topological polar surface area (TPSA) is 80.3 Å². The summed E-state index contributed by atoms with van der Waals surface area (Å²) in [5, 5.41) is 0. The fraction of sp³-hybridized carbons (Fsp3) is 0.381. The Kier molecular flexibility index (Phi) is 5.00. The lowest BCUT2D eigenvalue weighted by Crippen LogP contribution is -2.40. The molecule has 0 spiro atoms. The van der Waals surface area contributed by atoms with Gasteiger partial charge in [-0.15, -0.1) is 0 Å². The summed E-state index contributed by atoms with van der Waals surface area (Å²) in [6, 6.07) is 5.68. The van der Waals surface area contributed by atoms with E-state index in [4.69, 9.17) is 9.47 Å². The number of fused-ring (bicyclic) bond motifs is 2. The molecule has 29 heavy (non-hydrogen) atoms. The van der Waals surface area contributed by atoms with Crippen molar-refractivity contribution < 1.29 is 9.47 Å². The Labute approximate surface area is 167 Å². The first-order chi connectivity index (χ1) is 14.0. The second kappa shape index (κ2) is 7.62. The van der Waals surface area contributed by atoms with E-state index in [0.29, 0.717) is 42.2 Å². The highest BCUT2D eigenvalue weighted by molar-refractivity contribution is 5.77. The third-order valence-corrected chi connectivity index (χ3v) is 4.99. The van der Waals surface area contributed by atoms with Crippen LogP contribution in [0, 0.1) is 0 Å².